The molecule has 11 heavy (non-hydrogen) atoms. The molecule has 5 nitrogen and oxygen atoms in total. The minimum absolute atomic E-state index is 0.162. The lowest BCUT2D eigenvalue weighted by molar-refractivity contribution is -0.141. The maximum Gasteiger partial charge on any atom is 0.306 e. The Morgan fingerprint density at radius 2 is 2.09 bits per heavy atom. The van der Waals surface area contributed by atoms with Crippen molar-refractivity contribution in [2.24, 2.45) is 0 Å². The highest BCUT2D eigenvalue weighted by molar-refractivity contribution is 7.85. The number of esters is 1. The minimum atomic E-state index is -4.18. The Hall–Kier alpha value is -0.620. The molecule has 1 N–H and O–H groups in total. The average molecular weight is 182 g/mol. The molecule has 6 heteroatoms. The number of rotatable bonds is 4. The first-order valence-corrected chi connectivity index (χ1v) is 4.67. The summed E-state index contributed by atoms with van der Waals surface area (Å²) in [5.41, 5.74) is 0. The van der Waals surface area contributed by atoms with Crippen LogP contribution in [0.2, 0.25) is 0 Å². The maximum atomic E-state index is 10.5. The van der Waals surface area contributed by atoms with Gasteiger partial charge < -0.3 is 4.74 Å². The van der Waals surface area contributed by atoms with Crippen LogP contribution in [0, 0.1) is 0 Å². The molecule has 0 aliphatic rings. The molecule has 0 unspecified atom stereocenters. The Balaban J connectivity index is 3.64. The van der Waals surface area contributed by atoms with Crippen molar-refractivity contribution in [1.82, 2.24) is 0 Å². The van der Waals surface area contributed by atoms with E-state index in [1.165, 1.54) is 0 Å². The Labute approximate surface area is 65.1 Å². The van der Waals surface area contributed by atoms with E-state index >= 15 is 0 Å². The zero-order valence-electron chi connectivity index (χ0n) is 6.11. The van der Waals surface area contributed by atoms with E-state index < -0.39 is 22.0 Å². The van der Waals surface area contributed by atoms with Gasteiger partial charge in [-0.05, 0) is 6.42 Å². The topological polar surface area (TPSA) is 80.7 Å². The molecule has 0 fully saturated rings. The molecule has 0 saturated heterocycles. The Bertz CT molecular complexity index is 217. The fourth-order valence-corrected chi connectivity index (χ4v) is 0.697. The van der Waals surface area contributed by atoms with Crippen LogP contribution in [-0.2, 0) is 19.6 Å². The van der Waals surface area contributed by atoms with Crippen molar-refractivity contribution in [3.63, 3.8) is 0 Å². The quantitative estimate of drug-likeness (QED) is 0.495. The molecule has 66 valence electrons. The summed E-state index contributed by atoms with van der Waals surface area (Å²) in [5, 5.41) is 0. The second-order valence-corrected chi connectivity index (χ2v) is 3.37. The summed E-state index contributed by atoms with van der Waals surface area (Å²) in [6.45, 7) is 1.76. The summed E-state index contributed by atoms with van der Waals surface area (Å²) < 4.78 is 32.3. The summed E-state index contributed by atoms with van der Waals surface area (Å²) in [4.78, 5) is 10.5. The average Bonchev–Trinajstić information content (AvgIpc) is 1.83. The van der Waals surface area contributed by atoms with Crippen molar-refractivity contribution in [1.29, 1.82) is 0 Å². The third kappa shape index (κ3) is 7.27. The molecule has 0 aromatic rings. The molecule has 0 saturated carbocycles. The van der Waals surface area contributed by atoms with Gasteiger partial charge in [-0.3, -0.25) is 9.35 Å². The van der Waals surface area contributed by atoms with Crippen LogP contribution in [0.1, 0.15) is 19.8 Å². The third-order valence-corrected chi connectivity index (χ3v) is 1.24. The van der Waals surface area contributed by atoms with Crippen LogP contribution in [0.25, 0.3) is 0 Å². The fourth-order valence-electron chi connectivity index (χ4n) is 0.416. The maximum absolute atomic E-state index is 10.5. The monoisotopic (exact) mass is 182 g/mol. The standard InChI is InChI=1S/C5H10O5S/c1-2-3-5(6)10-4-11(7,8)9/h2-4H2,1H3,(H,7,8,9). The smallest absolute Gasteiger partial charge is 0.306 e. The van der Waals surface area contributed by atoms with Crippen molar-refractivity contribution in [3.8, 4) is 0 Å². The van der Waals surface area contributed by atoms with Crippen LogP contribution in [0.3, 0.4) is 0 Å². The van der Waals surface area contributed by atoms with Crippen LogP contribution < -0.4 is 0 Å². The summed E-state index contributed by atoms with van der Waals surface area (Å²) in [5.74, 6) is -1.57. The van der Waals surface area contributed by atoms with Gasteiger partial charge in [0.05, 0.1) is 0 Å². The first kappa shape index (κ1) is 10.4. The van der Waals surface area contributed by atoms with Gasteiger partial charge in [0.1, 0.15) is 0 Å². The van der Waals surface area contributed by atoms with E-state index in [2.05, 4.69) is 4.74 Å². The second kappa shape index (κ2) is 4.30. The van der Waals surface area contributed by atoms with E-state index in [9.17, 15) is 13.2 Å². The summed E-state index contributed by atoms with van der Waals surface area (Å²) >= 11 is 0. The molecule has 0 aliphatic heterocycles. The molecule has 0 aromatic carbocycles. The molecule has 0 spiro atoms. The molecule has 0 heterocycles. The lowest BCUT2D eigenvalue weighted by Gasteiger charge is -1.99. The lowest BCUT2D eigenvalue weighted by atomic mass is 10.3. The van der Waals surface area contributed by atoms with E-state index in [0.717, 1.165) is 0 Å². The van der Waals surface area contributed by atoms with Gasteiger partial charge in [0, 0.05) is 6.42 Å². The SMILES string of the molecule is CCCC(=O)OCS(=O)(=O)O. The van der Waals surface area contributed by atoms with E-state index in [-0.39, 0.29) is 6.42 Å². The predicted octanol–water partition coefficient (Wildman–Crippen LogP) is 0.175. The molecular weight excluding hydrogens is 172 g/mol. The van der Waals surface area contributed by atoms with Crippen molar-refractivity contribution >= 4 is 16.1 Å². The van der Waals surface area contributed by atoms with Gasteiger partial charge in [-0.25, -0.2) is 0 Å². The number of ether oxygens (including phenoxy) is 1. The van der Waals surface area contributed by atoms with Crippen LogP contribution in [0.5, 0.6) is 0 Å². The number of hydrogen-bond donors (Lipinski definition) is 1. The molecule has 0 aromatic heterocycles. The Morgan fingerprint density at radius 1 is 1.55 bits per heavy atom. The molecule has 0 atom stereocenters. The highest BCUT2D eigenvalue weighted by atomic mass is 32.2. The minimum Gasteiger partial charge on any atom is -0.447 e. The highest BCUT2D eigenvalue weighted by Gasteiger charge is 2.08. The van der Waals surface area contributed by atoms with Crippen LogP contribution in [-0.4, -0.2) is 24.9 Å². The lowest BCUT2D eigenvalue weighted by Crippen LogP contribution is -2.12. The fraction of sp³-hybridized carbons (Fsp3) is 0.800. The van der Waals surface area contributed by atoms with Crippen LogP contribution >= 0.6 is 0 Å². The number of hydrogen-bond acceptors (Lipinski definition) is 4. The predicted molar refractivity (Wildman–Crippen MR) is 37.4 cm³/mol. The van der Waals surface area contributed by atoms with Crippen molar-refractivity contribution in [3.05, 3.63) is 0 Å². The highest BCUT2D eigenvalue weighted by Crippen LogP contribution is 1.92. The summed E-state index contributed by atoms with van der Waals surface area (Å²) in [6.07, 6.45) is 0.750. The second-order valence-electron chi connectivity index (χ2n) is 1.97. The van der Waals surface area contributed by atoms with Gasteiger partial charge in [0.2, 0.25) is 5.94 Å². The summed E-state index contributed by atoms with van der Waals surface area (Å²) in [7, 11) is -4.18. The summed E-state index contributed by atoms with van der Waals surface area (Å²) in [6, 6.07) is 0. The van der Waals surface area contributed by atoms with E-state index in [1.54, 1.807) is 6.92 Å². The van der Waals surface area contributed by atoms with Crippen LogP contribution in [0.4, 0.5) is 0 Å². The first-order chi connectivity index (χ1) is 4.95. The van der Waals surface area contributed by atoms with Crippen molar-refractivity contribution in [2.75, 3.05) is 5.94 Å². The largest absolute Gasteiger partial charge is 0.447 e. The van der Waals surface area contributed by atoms with Crippen molar-refractivity contribution in [2.45, 2.75) is 19.8 Å². The Morgan fingerprint density at radius 3 is 2.45 bits per heavy atom. The van der Waals surface area contributed by atoms with E-state index in [4.69, 9.17) is 4.55 Å². The third-order valence-electron chi connectivity index (χ3n) is 0.823. The van der Waals surface area contributed by atoms with Gasteiger partial charge in [-0.1, -0.05) is 6.92 Å². The van der Waals surface area contributed by atoms with Gasteiger partial charge in [-0.2, -0.15) is 8.42 Å². The van der Waals surface area contributed by atoms with Gasteiger partial charge in [0.15, 0.2) is 0 Å². The van der Waals surface area contributed by atoms with Crippen molar-refractivity contribution < 1.29 is 22.5 Å². The molecule has 0 amide bonds. The number of carbonyl (C=O) groups excluding carboxylic acids is 1. The first-order valence-electron chi connectivity index (χ1n) is 3.06. The zero-order chi connectivity index (χ0) is 8.91. The van der Waals surface area contributed by atoms with E-state index in [0.29, 0.717) is 6.42 Å². The number of carbonyl (C=O) groups is 1. The molecular formula is C5H10O5S. The zero-order valence-corrected chi connectivity index (χ0v) is 6.93. The van der Waals surface area contributed by atoms with Gasteiger partial charge in [0.25, 0.3) is 0 Å². The van der Waals surface area contributed by atoms with Gasteiger partial charge in [-0.15, -0.1) is 0 Å². The molecule has 0 radical (unpaired) electrons. The molecule has 0 aliphatic carbocycles. The van der Waals surface area contributed by atoms with Gasteiger partial charge >= 0.3 is 16.1 Å². The Kier molecular flexibility index (Phi) is 4.06. The molecule has 0 bridgehead atoms. The normalized spacial score (nSPS) is 11.1. The van der Waals surface area contributed by atoms with E-state index in [1.807, 2.05) is 0 Å². The molecule has 0 rings (SSSR count). The van der Waals surface area contributed by atoms with Crippen LogP contribution in [0.15, 0.2) is 0 Å².